The number of nitrogens with two attached hydrogens (primary N) is 1. The summed E-state index contributed by atoms with van der Waals surface area (Å²) < 4.78 is 31.7. The molecule has 0 spiro atoms. The van der Waals surface area contributed by atoms with Crippen molar-refractivity contribution in [2.75, 3.05) is 18.8 Å². The van der Waals surface area contributed by atoms with Crippen molar-refractivity contribution in [1.82, 2.24) is 9.88 Å². The molecule has 188 valence electrons. The predicted octanol–water partition coefficient (Wildman–Crippen LogP) is 5.20. The summed E-state index contributed by atoms with van der Waals surface area (Å²) in [6.45, 7) is 1.66. The van der Waals surface area contributed by atoms with Crippen molar-refractivity contribution in [3.63, 3.8) is 0 Å². The Kier molecular flexibility index (Phi) is 8.89. The van der Waals surface area contributed by atoms with Crippen molar-refractivity contribution in [3.8, 4) is 0 Å². The van der Waals surface area contributed by atoms with Gasteiger partial charge in [0.15, 0.2) is 0 Å². The molecule has 1 saturated heterocycles. The molecule has 4 rings (SSSR count). The van der Waals surface area contributed by atoms with Crippen LogP contribution in [0.25, 0.3) is 5.57 Å². The number of aliphatic carboxylic acids is 1. The zero-order chi connectivity index (χ0) is 25.4. The number of rotatable bonds is 4. The summed E-state index contributed by atoms with van der Waals surface area (Å²) in [4.78, 5) is 27.5. The van der Waals surface area contributed by atoms with Crippen LogP contribution >= 0.6 is 0 Å². The highest BCUT2D eigenvalue weighted by Crippen LogP contribution is 2.35. The lowest BCUT2D eigenvalue weighted by Crippen LogP contribution is -2.38. The number of pyridine rings is 1. The number of piperidine rings is 1. The van der Waals surface area contributed by atoms with Crippen LogP contribution in [-0.2, 0) is 16.0 Å². The van der Waals surface area contributed by atoms with Crippen LogP contribution in [0.3, 0.4) is 0 Å². The van der Waals surface area contributed by atoms with Gasteiger partial charge < -0.3 is 15.7 Å². The van der Waals surface area contributed by atoms with Crippen molar-refractivity contribution >= 4 is 23.1 Å². The minimum Gasteiger partial charge on any atom is -0.475 e. The molecule has 2 aromatic rings. The number of alkyl halides is 3. The standard InChI is InChI=1S/C24H29N3O.C2HF3O2/c25-23-7-6-21(17-22(23)20-4-2-1-3-5-20)19-10-14-27(15-11-19)24(28)16-18-8-12-26-13-9-18;3-2(4,5)1(6)7/h4,6-9,12-13,17,19H,1-3,5,10-11,14-16,25H2;(H,6,7). The Labute approximate surface area is 202 Å². The highest BCUT2D eigenvalue weighted by atomic mass is 19.4. The summed E-state index contributed by atoms with van der Waals surface area (Å²) in [5, 5.41) is 7.12. The van der Waals surface area contributed by atoms with Gasteiger partial charge in [-0.2, -0.15) is 13.2 Å². The molecule has 9 heteroatoms. The molecule has 0 unspecified atom stereocenters. The third-order valence-corrected chi connectivity index (χ3v) is 6.38. The quantitative estimate of drug-likeness (QED) is 0.576. The van der Waals surface area contributed by atoms with E-state index in [2.05, 4.69) is 29.3 Å². The fourth-order valence-corrected chi connectivity index (χ4v) is 4.44. The first kappa shape index (κ1) is 26.2. The van der Waals surface area contributed by atoms with E-state index in [9.17, 15) is 18.0 Å². The van der Waals surface area contributed by atoms with Crippen LogP contribution in [0.2, 0.25) is 0 Å². The maximum Gasteiger partial charge on any atom is 0.490 e. The summed E-state index contributed by atoms with van der Waals surface area (Å²) >= 11 is 0. The molecule has 2 aliphatic rings. The number of anilines is 1. The Bertz CT molecular complexity index is 1050. The van der Waals surface area contributed by atoms with Crippen LogP contribution in [0.4, 0.5) is 18.9 Å². The third-order valence-electron chi connectivity index (χ3n) is 6.38. The van der Waals surface area contributed by atoms with Crippen LogP contribution in [0.1, 0.15) is 61.1 Å². The number of carbonyl (C=O) groups is 2. The maximum absolute atomic E-state index is 12.6. The van der Waals surface area contributed by atoms with Crippen molar-refractivity contribution in [2.45, 2.75) is 57.0 Å². The molecule has 0 radical (unpaired) electrons. The summed E-state index contributed by atoms with van der Waals surface area (Å²) in [6.07, 6.45) is 8.11. The van der Waals surface area contributed by atoms with E-state index in [1.165, 1.54) is 29.5 Å². The first-order chi connectivity index (χ1) is 16.6. The fourth-order valence-electron chi connectivity index (χ4n) is 4.44. The molecule has 35 heavy (non-hydrogen) atoms. The minimum atomic E-state index is -5.08. The number of halogens is 3. The Morgan fingerprint density at radius 1 is 1.09 bits per heavy atom. The number of likely N-dealkylation sites (tertiary alicyclic amines) is 1. The normalized spacial score (nSPS) is 16.7. The van der Waals surface area contributed by atoms with E-state index in [-0.39, 0.29) is 5.91 Å². The molecule has 1 aromatic carbocycles. The van der Waals surface area contributed by atoms with Gasteiger partial charge >= 0.3 is 12.1 Å². The summed E-state index contributed by atoms with van der Waals surface area (Å²) in [6, 6.07) is 10.4. The number of hydrogen-bond donors (Lipinski definition) is 2. The van der Waals surface area contributed by atoms with E-state index in [0.29, 0.717) is 12.3 Å². The molecule has 1 fully saturated rings. The second-order valence-electron chi connectivity index (χ2n) is 8.81. The van der Waals surface area contributed by atoms with E-state index in [4.69, 9.17) is 15.6 Å². The Morgan fingerprint density at radius 2 is 1.74 bits per heavy atom. The Balaban J connectivity index is 0.000000429. The molecular formula is C26H30F3N3O3. The average Bonchev–Trinajstić information content (AvgIpc) is 2.85. The highest BCUT2D eigenvalue weighted by Gasteiger charge is 2.38. The smallest absolute Gasteiger partial charge is 0.475 e. The van der Waals surface area contributed by atoms with Crippen molar-refractivity contribution in [3.05, 3.63) is 65.5 Å². The molecule has 0 atom stereocenters. The number of nitrogens with zero attached hydrogens (tertiary/aromatic N) is 2. The lowest BCUT2D eigenvalue weighted by Gasteiger charge is -2.32. The zero-order valence-corrected chi connectivity index (χ0v) is 19.4. The Hall–Kier alpha value is -3.36. The van der Waals surface area contributed by atoms with Crippen LogP contribution in [0.5, 0.6) is 0 Å². The lowest BCUT2D eigenvalue weighted by atomic mass is 9.85. The number of aromatic nitrogens is 1. The number of allylic oxidation sites excluding steroid dienone is 2. The molecule has 6 nitrogen and oxygen atoms in total. The number of amides is 1. The number of benzene rings is 1. The van der Waals surface area contributed by atoms with Gasteiger partial charge in [0.1, 0.15) is 0 Å². The van der Waals surface area contributed by atoms with Crippen molar-refractivity contribution in [1.29, 1.82) is 0 Å². The van der Waals surface area contributed by atoms with Crippen molar-refractivity contribution in [2.24, 2.45) is 0 Å². The SMILES string of the molecule is Nc1ccc(C2CCN(C(=O)Cc3ccncc3)CC2)cc1C1=CCCCC1.O=C(O)C(F)(F)F. The zero-order valence-electron chi connectivity index (χ0n) is 19.4. The van der Waals surface area contributed by atoms with Gasteiger partial charge in [-0.25, -0.2) is 4.79 Å². The van der Waals surface area contributed by atoms with Gasteiger partial charge in [-0.15, -0.1) is 0 Å². The molecular weight excluding hydrogens is 459 g/mol. The number of carbonyl (C=O) groups excluding carboxylic acids is 1. The Morgan fingerprint density at radius 3 is 2.31 bits per heavy atom. The number of hydrogen-bond acceptors (Lipinski definition) is 4. The topological polar surface area (TPSA) is 96.5 Å². The molecule has 0 saturated carbocycles. The molecule has 3 N–H and O–H groups in total. The second kappa shape index (κ2) is 11.9. The highest BCUT2D eigenvalue weighted by molar-refractivity contribution is 5.79. The third kappa shape index (κ3) is 7.56. The molecule has 1 amide bonds. The number of nitrogen functional groups attached to an aromatic ring is 1. The lowest BCUT2D eigenvalue weighted by molar-refractivity contribution is -0.192. The van der Waals surface area contributed by atoms with Gasteiger partial charge in [0, 0.05) is 36.7 Å². The monoisotopic (exact) mass is 489 g/mol. The van der Waals surface area contributed by atoms with Crippen LogP contribution in [-0.4, -0.2) is 46.1 Å². The molecule has 1 aliphatic heterocycles. The van der Waals surface area contributed by atoms with Crippen LogP contribution in [0.15, 0.2) is 48.8 Å². The van der Waals surface area contributed by atoms with Gasteiger partial charge in [0.05, 0.1) is 6.42 Å². The minimum absolute atomic E-state index is 0.218. The van der Waals surface area contributed by atoms with E-state index in [1.807, 2.05) is 17.0 Å². The van der Waals surface area contributed by atoms with Gasteiger partial charge in [0.25, 0.3) is 0 Å². The fraction of sp³-hybridized carbons (Fsp3) is 0.423. The van der Waals surface area contributed by atoms with E-state index >= 15 is 0 Å². The molecule has 1 aliphatic carbocycles. The predicted molar refractivity (Wildman–Crippen MR) is 127 cm³/mol. The number of carboxylic acids is 1. The molecule has 0 bridgehead atoms. The first-order valence-electron chi connectivity index (χ1n) is 11.7. The summed E-state index contributed by atoms with van der Waals surface area (Å²) in [5.41, 5.74) is 12.2. The summed E-state index contributed by atoms with van der Waals surface area (Å²) in [7, 11) is 0. The summed E-state index contributed by atoms with van der Waals surface area (Å²) in [5.74, 6) is -2.03. The van der Waals surface area contributed by atoms with Gasteiger partial charge in [-0.3, -0.25) is 9.78 Å². The maximum atomic E-state index is 12.6. The first-order valence-corrected chi connectivity index (χ1v) is 11.7. The van der Waals surface area contributed by atoms with Gasteiger partial charge in [0.2, 0.25) is 5.91 Å². The van der Waals surface area contributed by atoms with Crippen molar-refractivity contribution < 1.29 is 27.9 Å². The molecule has 1 aromatic heterocycles. The number of carboxylic acid groups (broad SMARTS) is 1. The van der Waals surface area contributed by atoms with Crippen LogP contribution < -0.4 is 5.73 Å². The van der Waals surface area contributed by atoms with Gasteiger partial charge in [-0.1, -0.05) is 12.1 Å². The van der Waals surface area contributed by atoms with E-state index in [1.54, 1.807) is 12.4 Å². The van der Waals surface area contributed by atoms with E-state index in [0.717, 1.165) is 50.0 Å². The van der Waals surface area contributed by atoms with Gasteiger partial charge in [-0.05, 0) is 85.4 Å². The average molecular weight is 490 g/mol. The van der Waals surface area contributed by atoms with Crippen LogP contribution in [0, 0.1) is 0 Å². The van der Waals surface area contributed by atoms with E-state index < -0.39 is 12.1 Å². The second-order valence-corrected chi connectivity index (χ2v) is 8.81. The largest absolute Gasteiger partial charge is 0.490 e. The molecule has 2 heterocycles.